The summed E-state index contributed by atoms with van der Waals surface area (Å²) in [6.45, 7) is 8.21. The summed E-state index contributed by atoms with van der Waals surface area (Å²) < 4.78 is 5.88. The van der Waals surface area contributed by atoms with E-state index in [4.69, 9.17) is 10.5 Å². The lowest BCUT2D eigenvalue weighted by molar-refractivity contribution is 0.0419. The molecule has 0 aromatic heterocycles. The highest BCUT2D eigenvalue weighted by Gasteiger charge is 2.05. The summed E-state index contributed by atoms with van der Waals surface area (Å²) in [5.74, 6) is 0. The number of hydrogen-bond donors (Lipinski definition) is 2. The molecule has 17 heavy (non-hydrogen) atoms. The van der Waals surface area contributed by atoms with Crippen molar-refractivity contribution in [2.75, 3.05) is 26.2 Å². The third-order valence-corrected chi connectivity index (χ3v) is 2.99. The second-order valence-electron chi connectivity index (χ2n) is 4.64. The van der Waals surface area contributed by atoms with Gasteiger partial charge in [0.05, 0.1) is 6.10 Å². The van der Waals surface area contributed by atoms with Gasteiger partial charge in [-0.15, -0.1) is 0 Å². The predicted molar refractivity (Wildman–Crippen MR) is 75.3 cm³/mol. The van der Waals surface area contributed by atoms with Crippen LogP contribution in [0, 0.1) is 0 Å². The quantitative estimate of drug-likeness (QED) is 0.490. The number of ether oxygens (including phenoxy) is 1. The van der Waals surface area contributed by atoms with Gasteiger partial charge in [0.15, 0.2) is 0 Å². The van der Waals surface area contributed by atoms with Gasteiger partial charge in [-0.05, 0) is 45.3 Å². The van der Waals surface area contributed by atoms with E-state index in [-0.39, 0.29) is 0 Å². The zero-order valence-corrected chi connectivity index (χ0v) is 11.8. The normalized spacial score (nSPS) is 12.9. The molecule has 0 fully saturated rings. The summed E-state index contributed by atoms with van der Waals surface area (Å²) in [6.07, 6.45) is 8.95. The number of rotatable bonds is 13. The largest absolute Gasteiger partial charge is 0.378 e. The first-order chi connectivity index (χ1) is 8.35. The van der Waals surface area contributed by atoms with E-state index in [0.29, 0.717) is 6.10 Å². The lowest BCUT2D eigenvalue weighted by Crippen LogP contribution is -2.21. The average molecular weight is 244 g/mol. The van der Waals surface area contributed by atoms with Crippen LogP contribution in [-0.4, -0.2) is 32.3 Å². The second-order valence-corrected chi connectivity index (χ2v) is 4.64. The highest BCUT2D eigenvalue weighted by molar-refractivity contribution is 4.56. The van der Waals surface area contributed by atoms with Crippen molar-refractivity contribution in [3.63, 3.8) is 0 Å². The molecular formula is C14H32N2O. The van der Waals surface area contributed by atoms with Crippen molar-refractivity contribution in [3.8, 4) is 0 Å². The molecule has 0 aromatic rings. The van der Waals surface area contributed by atoms with Crippen molar-refractivity contribution in [1.82, 2.24) is 5.32 Å². The zero-order valence-electron chi connectivity index (χ0n) is 11.8. The first kappa shape index (κ1) is 16.9. The molecule has 0 spiro atoms. The summed E-state index contributed by atoms with van der Waals surface area (Å²) in [4.78, 5) is 0. The molecule has 0 amide bonds. The molecule has 0 heterocycles. The lowest BCUT2D eigenvalue weighted by atomic mass is 10.1. The Kier molecular flexibility index (Phi) is 13.8. The molecule has 0 radical (unpaired) electrons. The van der Waals surface area contributed by atoms with Crippen LogP contribution in [0.25, 0.3) is 0 Å². The third-order valence-electron chi connectivity index (χ3n) is 2.99. The van der Waals surface area contributed by atoms with E-state index in [1.165, 1.54) is 25.7 Å². The number of nitrogens with one attached hydrogen (secondary N) is 1. The van der Waals surface area contributed by atoms with Crippen LogP contribution in [0.2, 0.25) is 0 Å². The second kappa shape index (κ2) is 13.9. The Balaban J connectivity index is 3.25. The van der Waals surface area contributed by atoms with Crippen LogP contribution in [0.1, 0.15) is 58.8 Å². The van der Waals surface area contributed by atoms with Crippen LogP contribution < -0.4 is 11.1 Å². The average Bonchev–Trinajstić information content (AvgIpc) is 2.35. The van der Waals surface area contributed by atoms with Gasteiger partial charge in [0.2, 0.25) is 0 Å². The fourth-order valence-electron chi connectivity index (χ4n) is 1.83. The molecule has 0 rings (SSSR count). The van der Waals surface area contributed by atoms with Gasteiger partial charge >= 0.3 is 0 Å². The van der Waals surface area contributed by atoms with E-state index in [2.05, 4.69) is 19.2 Å². The maximum Gasteiger partial charge on any atom is 0.0572 e. The zero-order chi connectivity index (χ0) is 12.8. The Morgan fingerprint density at radius 2 is 1.82 bits per heavy atom. The highest BCUT2D eigenvalue weighted by Crippen LogP contribution is 2.10. The van der Waals surface area contributed by atoms with Crippen LogP contribution in [-0.2, 0) is 4.74 Å². The van der Waals surface area contributed by atoms with Crippen LogP contribution in [0.3, 0.4) is 0 Å². The maximum absolute atomic E-state index is 5.88. The van der Waals surface area contributed by atoms with Crippen molar-refractivity contribution in [2.24, 2.45) is 5.73 Å². The van der Waals surface area contributed by atoms with E-state index >= 15 is 0 Å². The van der Waals surface area contributed by atoms with E-state index in [1.54, 1.807) is 0 Å². The Bertz CT molecular complexity index is 142. The number of hydrogen-bond acceptors (Lipinski definition) is 3. The minimum absolute atomic E-state index is 0.477. The molecule has 3 heteroatoms. The van der Waals surface area contributed by atoms with Gasteiger partial charge in [-0.25, -0.2) is 0 Å². The standard InChI is InChI=1S/C14H32N2O/c1-3-5-6-9-14(4-2)17-13-8-12-16-11-7-10-15/h14,16H,3-13,15H2,1-2H3. The first-order valence-electron chi connectivity index (χ1n) is 7.37. The van der Waals surface area contributed by atoms with Gasteiger partial charge in [-0.1, -0.05) is 33.1 Å². The summed E-state index contributed by atoms with van der Waals surface area (Å²) >= 11 is 0. The monoisotopic (exact) mass is 244 g/mol. The van der Waals surface area contributed by atoms with Gasteiger partial charge in [0.1, 0.15) is 0 Å². The topological polar surface area (TPSA) is 47.3 Å². The van der Waals surface area contributed by atoms with E-state index in [1.807, 2.05) is 0 Å². The first-order valence-corrected chi connectivity index (χ1v) is 7.37. The van der Waals surface area contributed by atoms with Gasteiger partial charge in [-0.3, -0.25) is 0 Å². The molecule has 3 nitrogen and oxygen atoms in total. The van der Waals surface area contributed by atoms with Crippen molar-refractivity contribution in [3.05, 3.63) is 0 Å². The molecule has 0 aliphatic carbocycles. The third kappa shape index (κ3) is 12.1. The van der Waals surface area contributed by atoms with Crippen molar-refractivity contribution < 1.29 is 4.74 Å². The summed E-state index contributed by atoms with van der Waals surface area (Å²) in [5.41, 5.74) is 5.42. The molecule has 1 unspecified atom stereocenters. The van der Waals surface area contributed by atoms with Crippen LogP contribution in [0.5, 0.6) is 0 Å². The Labute approximate surface area is 107 Å². The lowest BCUT2D eigenvalue weighted by Gasteiger charge is -2.16. The minimum Gasteiger partial charge on any atom is -0.378 e. The van der Waals surface area contributed by atoms with E-state index in [9.17, 15) is 0 Å². The van der Waals surface area contributed by atoms with Crippen LogP contribution >= 0.6 is 0 Å². The van der Waals surface area contributed by atoms with Crippen molar-refractivity contribution in [1.29, 1.82) is 0 Å². The van der Waals surface area contributed by atoms with E-state index < -0.39 is 0 Å². The molecular weight excluding hydrogens is 212 g/mol. The van der Waals surface area contributed by atoms with Crippen molar-refractivity contribution >= 4 is 0 Å². The fourth-order valence-corrected chi connectivity index (χ4v) is 1.83. The molecule has 0 aliphatic rings. The number of nitrogens with two attached hydrogens (primary N) is 1. The Morgan fingerprint density at radius 3 is 2.47 bits per heavy atom. The molecule has 0 aliphatic heterocycles. The van der Waals surface area contributed by atoms with E-state index in [0.717, 1.165) is 45.5 Å². The minimum atomic E-state index is 0.477. The van der Waals surface area contributed by atoms with Gasteiger partial charge in [0, 0.05) is 6.61 Å². The SMILES string of the molecule is CCCCCC(CC)OCCCNCCCN. The maximum atomic E-state index is 5.88. The molecule has 104 valence electrons. The summed E-state index contributed by atoms with van der Waals surface area (Å²) in [7, 11) is 0. The summed E-state index contributed by atoms with van der Waals surface area (Å²) in [6, 6.07) is 0. The molecule has 0 saturated carbocycles. The molecule has 1 atom stereocenters. The Morgan fingerprint density at radius 1 is 1.06 bits per heavy atom. The van der Waals surface area contributed by atoms with Crippen LogP contribution in [0.4, 0.5) is 0 Å². The van der Waals surface area contributed by atoms with Gasteiger partial charge in [0.25, 0.3) is 0 Å². The highest BCUT2D eigenvalue weighted by atomic mass is 16.5. The molecule has 0 aromatic carbocycles. The van der Waals surface area contributed by atoms with Gasteiger partial charge in [-0.2, -0.15) is 0 Å². The fraction of sp³-hybridized carbons (Fsp3) is 1.00. The molecule has 0 saturated heterocycles. The molecule has 0 bridgehead atoms. The Hall–Kier alpha value is -0.120. The smallest absolute Gasteiger partial charge is 0.0572 e. The van der Waals surface area contributed by atoms with Crippen molar-refractivity contribution in [2.45, 2.75) is 64.9 Å². The van der Waals surface area contributed by atoms with Crippen LogP contribution in [0.15, 0.2) is 0 Å². The number of unbranched alkanes of at least 4 members (excludes halogenated alkanes) is 2. The predicted octanol–water partition coefficient (Wildman–Crippen LogP) is 2.69. The van der Waals surface area contributed by atoms with Gasteiger partial charge < -0.3 is 15.8 Å². The summed E-state index contributed by atoms with van der Waals surface area (Å²) in [5, 5.41) is 3.37. The molecule has 3 N–H and O–H groups in total.